The first kappa shape index (κ1) is 13.5. The van der Waals surface area contributed by atoms with E-state index >= 15 is 0 Å². The molecule has 1 N–H and O–H groups in total. The molecule has 1 aromatic carbocycles. The average molecular weight is 255 g/mol. The van der Waals surface area contributed by atoms with E-state index < -0.39 is 0 Å². The maximum absolute atomic E-state index is 11.4. The van der Waals surface area contributed by atoms with Crippen LogP contribution in [0.5, 0.6) is 0 Å². The van der Waals surface area contributed by atoms with Crippen molar-refractivity contribution in [1.29, 1.82) is 0 Å². The maximum atomic E-state index is 11.4. The zero-order valence-corrected chi connectivity index (χ0v) is 10.6. The molecule has 0 saturated carbocycles. The molecule has 1 amide bonds. The Morgan fingerprint density at radius 3 is 2.47 bits per heavy atom. The minimum Gasteiger partial charge on any atom is -0.410 e. The van der Waals surface area contributed by atoms with Crippen LogP contribution >= 0.6 is 11.6 Å². The van der Waals surface area contributed by atoms with Crippen molar-refractivity contribution in [3.8, 4) is 0 Å². The standard InChI is InChI=1S/C12H15ClN2O2/c1-3-11(16)15(2)8-9-4-6-10(7-5-9)12(13)14-17/h4-7,17H,3,8H2,1-2H3/b14-12-. The third kappa shape index (κ3) is 3.75. The Hall–Kier alpha value is -1.55. The summed E-state index contributed by atoms with van der Waals surface area (Å²) >= 11 is 5.66. The maximum Gasteiger partial charge on any atom is 0.222 e. The summed E-state index contributed by atoms with van der Waals surface area (Å²) < 4.78 is 0. The molecule has 0 atom stereocenters. The van der Waals surface area contributed by atoms with Gasteiger partial charge in [0.2, 0.25) is 5.91 Å². The van der Waals surface area contributed by atoms with Gasteiger partial charge in [-0.05, 0) is 5.56 Å². The van der Waals surface area contributed by atoms with E-state index in [0.29, 0.717) is 18.5 Å². The van der Waals surface area contributed by atoms with Gasteiger partial charge < -0.3 is 10.1 Å². The van der Waals surface area contributed by atoms with Crippen LogP contribution in [-0.2, 0) is 11.3 Å². The highest BCUT2D eigenvalue weighted by atomic mass is 35.5. The van der Waals surface area contributed by atoms with Crippen LogP contribution in [0.2, 0.25) is 0 Å². The number of carbonyl (C=O) groups is 1. The second-order valence-corrected chi connectivity index (χ2v) is 4.05. The lowest BCUT2D eigenvalue weighted by atomic mass is 10.1. The molecule has 0 aromatic heterocycles. The first-order valence-corrected chi connectivity index (χ1v) is 5.67. The molecule has 0 spiro atoms. The number of amides is 1. The molecule has 92 valence electrons. The fraction of sp³-hybridized carbons (Fsp3) is 0.333. The van der Waals surface area contributed by atoms with Crippen LogP contribution in [0.4, 0.5) is 0 Å². The van der Waals surface area contributed by atoms with E-state index in [1.807, 2.05) is 19.1 Å². The molecular weight excluding hydrogens is 240 g/mol. The Morgan fingerprint density at radius 1 is 1.41 bits per heavy atom. The van der Waals surface area contributed by atoms with Gasteiger partial charge in [-0.2, -0.15) is 0 Å². The molecule has 17 heavy (non-hydrogen) atoms. The lowest BCUT2D eigenvalue weighted by molar-refractivity contribution is -0.130. The molecule has 0 heterocycles. The van der Waals surface area contributed by atoms with Crippen LogP contribution < -0.4 is 0 Å². The van der Waals surface area contributed by atoms with E-state index in [0.717, 1.165) is 5.56 Å². The van der Waals surface area contributed by atoms with Crippen LogP contribution in [0.25, 0.3) is 0 Å². The molecule has 0 aliphatic carbocycles. The highest BCUT2D eigenvalue weighted by Crippen LogP contribution is 2.10. The SMILES string of the molecule is CCC(=O)N(C)Cc1ccc(/C(Cl)=N/O)cc1. The summed E-state index contributed by atoms with van der Waals surface area (Å²) in [5.41, 5.74) is 1.64. The Morgan fingerprint density at radius 2 is 2.00 bits per heavy atom. The average Bonchev–Trinajstić information content (AvgIpc) is 2.37. The number of oxime groups is 1. The number of rotatable bonds is 4. The summed E-state index contributed by atoms with van der Waals surface area (Å²) in [7, 11) is 1.77. The Balaban J connectivity index is 2.72. The molecule has 0 saturated heterocycles. The molecule has 1 aromatic rings. The number of hydrogen-bond donors (Lipinski definition) is 1. The molecule has 0 fully saturated rings. The predicted octanol–water partition coefficient (Wildman–Crippen LogP) is 2.43. The van der Waals surface area contributed by atoms with Crippen LogP contribution in [0.15, 0.2) is 29.4 Å². The summed E-state index contributed by atoms with van der Waals surface area (Å²) in [6, 6.07) is 7.20. The van der Waals surface area contributed by atoms with Gasteiger partial charge in [0.1, 0.15) is 0 Å². The molecule has 0 aliphatic rings. The zero-order chi connectivity index (χ0) is 12.8. The van der Waals surface area contributed by atoms with Crippen molar-refractivity contribution in [3.05, 3.63) is 35.4 Å². The van der Waals surface area contributed by atoms with Crippen molar-refractivity contribution < 1.29 is 10.0 Å². The number of nitrogens with zero attached hydrogens (tertiary/aromatic N) is 2. The summed E-state index contributed by atoms with van der Waals surface area (Å²) in [6.07, 6.45) is 0.498. The second-order valence-electron chi connectivity index (χ2n) is 3.69. The number of carbonyl (C=O) groups excluding carboxylic acids is 1. The van der Waals surface area contributed by atoms with Gasteiger partial charge in [-0.1, -0.05) is 47.9 Å². The van der Waals surface area contributed by atoms with Crippen molar-refractivity contribution in [3.63, 3.8) is 0 Å². The first-order valence-electron chi connectivity index (χ1n) is 5.29. The van der Waals surface area contributed by atoms with Crippen LogP contribution in [0.3, 0.4) is 0 Å². The van der Waals surface area contributed by atoms with E-state index in [4.69, 9.17) is 16.8 Å². The summed E-state index contributed by atoms with van der Waals surface area (Å²) in [5.74, 6) is 0.101. The summed E-state index contributed by atoms with van der Waals surface area (Å²) in [6.45, 7) is 2.39. The van der Waals surface area contributed by atoms with Gasteiger partial charge >= 0.3 is 0 Å². The summed E-state index contributed by atoms with van der Waals surface area (Å²) in [5, 5.41) is 11.5. The Labute approximate surface area is 105 Å². The molecule has 4 nitrogen and oxygen atoms in total. The minimum absolute atomic E-state index is 0.0505. The third-order valence-corrected chi connectivity index (χ3v) is 2.72. The molecule has 0 bridgehead atoms. The van der Waals surface area contributed by atoms with Gasteiger partial charge in [-0.15, -0.1) is 0 Å². The Kier molecular flexibility index (Phi) is 4.97. The van der Waals surface area contributed by atoms with Gasteiger partial charge in [0.15, 0.2) is 5.17 Å². The van der Waals surface area contributed by atoms with E-state index in [1.54, 1.807) is 24.1 Å². The number of halogens is 1. The highest BCUT2D eigenvalue weighted by Gasteiger charge is 2.07. The smallest absolute Gasteiger partial charge is 0.222 e. The lowest BCUT2D eigenvalue weighted by Gasteiger charge is -2.16. The predicted molar refractivity (Wildman–Crippen MR) is 67.4 cm³/mol. The minimum atomic E-state index is 0.0505. The normalized spacial score (nSPS) is 11.4. The van der Waals surface area contributed by atoms with Crippen molar-refractivity contribution >= 4 is 22.7 Å². The molecule has 0 unspecified atom stereocenters. The van der Waals surface area contributed by atoms with Gasteiger partial charge in [0.25, 0.3) is 0 Å². The van der Waals surface area contributed by atoms with Crippen molar-refractivity contribution in [2.24, 2.45) is 5.16 Å². The molecule has 5 heteroatoms. The molecular formula is C12H15ClN2O2. The topological polar surface area (TPSA) is 52.9 Å². The van der Waals surface area contributed by atoms with Crippen LogP contribution in [0, 0.1) is 0 Å². The van der Waals surface area contributed by atoms with Crippen molar-refractivity contribution in [1.82, 2.24) is 4.90 Å². The van der Waals surface area contributed by atoms with Crippen LogP contribution in [0.1, 0.15) is 24.5 Å². The number of benzene rings is 1. The van der Waals surface area contributed by atoms with Gasteiger partial charge in [0.05, 0.1) is 0 Å². The zero-order valence-electron chi connectivity index (χ0n) is 9.85. The molecule has 0 radical (unpaired) electrons. The fourth-order valence-electron chi connectivity index (χ4n) is 1.44. The van der Waals surface area contributed by atoms with E-state index in [1.165, 1.54) is 0 Å². The summed E-state index contributed by atoms with van der Waals surface area (Å²) in [4.78, 5) is 13.1. The van der Waals surface area contributed by atoms with Gasteiger partial charge in [0, 0.05) is 25.6 Å². The van der Waals surface area contributed by atoms with Crippen molar-refractivity contribution in [2.45, 2.75) is 19.9 Å². The van der Waals surface area contributed by atoms with Crippen molar-refractivity contribution in [2.75, 3.05) is 7.05 Å². The quantitative estimate of drug-likeness (QED) is 0.510. The largest absolute Gasteiger partial charge is 0.410 e. The molecule has 1 rings (SSSR count). The van der Waals surface area contributed by atoms with Gasteiger partial charge in [-0.25, -0.2) is 0 Å². The highest BCUT2D eigenvalue weighted by molar-refractivity contribution is 6.69. The second kappa shape index (κ2) is 6.25. The number of hydrogen-bond acceptors (Lipinski definition) is 3. The first-order chi connectivity index (χ1) is 8.08. The van der Waals surface area contributed by atoms with E-state index in [2.05, 4.69) is 5.16 Å². The molecule has 0 aliphatic heterocycles. The van der Waals surface area contributed by atoms with Gasteiger partial charge in [-0.3, -0.25) is 4.79 Å². The Bertz CT molecular complexity index is 415. The van der Waals surface area contributed by atoms with Crippen LogP contribution in [-0.4, -0.2) is 28.2 Å². The lowest BCUT2D eigenvalue weighted by Crippen LogP contribution is -2.25. The van der Waals surface area contributed by atoms with E-state index in [-0.39, 0.29) is 11.1 Å². The monoisotopic (exact) mass is 254 g/mol. The van der Waals surface area contributed by atoms with E-state index in [9.17, 15) is 4.79 Å². The fourth-order valence-corrected chi connectivity index (χ4v) is 1.56. The third-order valence-electron chi connectivity index (χ3n) is 2.43.